The fraction of sp³-hybridized carbons (Fsp3) is 0.700. The molecule has 0 aromatic heterocycles. The molecule has 2 unspecified atom stereocenters. The van der Waals surface area contributed by atoms with Crippen LogP contribution in [0.1, 0.15) is 45.4 Å². The zero-order chi connectivity index (χ0) is 20.4. The molecule has 1 aliphatic carbocycles. The number of benzene rings is 1. The zero-order valence-electron chi connectivity index (χ0n) is 15.7. The summed E-state index contributed by atoms with van der Waals surface area (Å²) in [6.07, 6.45) is -3.95. The molecule has 0 amide bonds. The Hall–Kier alpha value is -1.57. The largest absolute Gasteiger partial charge is 0.573 e. The van der Waals surface area contributed by atoms with Gasteiger partial charge < -0.3 is 14.2 Å². The van der Waals surface area contributed by atoms with E-state index < -0.39 is 24.1 Å². The Morgan fingerprint density at radius 1 is 0.821 bits per heavy atom. The third kappa shape index (κ3) is 5.72. The summed E-state index contributed by atoms with van der Waals surface area (Å²) >= 11 is 0. The second kappa shape index (κ2) is 8.43. The van der Waals surface area contributed by atoms with Gasteiger partial charge in [0.15, 0.2) is 0 Å². The first-order valence-electron chi connectivity index (χ1n) is 9.66. The standard InChI is InChI=1S/C20H25F5O3/c1-13-2-11-18(26-12-13)14-3-5-15(6-4-14)19(21,22)27-16-7-9-17(10-8-16)28-20(23,24)25/h7-10,13-15,18H,2-6,11-12H2,1H3. The highest BCUT2D eigenvalue weighted by Crippen LogP contribution is 2.42. The van der Waals surface area contributed by atoms with Crippen molar-refractivity contribution in [2.24, 2.45) is 17.8 Å². The first kappa shape index (κ1) is 21.1. The minimum absolute atomic E-state index is 0.160. The maximum atomic E-state index is 14.5. The van der Waals surface area contributed by atoms with Gasteiger partial charge in [0, 0.05) is 6.61 Å². The highest BCUT2D eigenvalue weighted by atomic mass is 19.4. The molecule has 2 aliphatic rings. The summed E-state index contributed by atoms with van der Waals surface area (Å²) in [6.45, 7) is 2.88. The van der Waals surface area contributed by atoms with E-state index in [1.807, 2.05) is 0 Å². The van der Waals surface area contributed by atoms with Crippen LogP contribution in [-0.4, -0.2) is 25.2 Å². The van der Waals surface area contributed by atoms with Gasteiger partial charge in [0.25, 0.3) is 0 Å². The van der Waals surface area contributed by atoms with Crippen molar-refractivity contribution < 1.29 is 36.2 Å². The van der Waals surface area contributed by atoms with Crippen LogP contribution in [0.3, 0.4) is 0 Å². The van der Waals surface area contributed by atoms with E-state index in [4.69, 9.17) is 9.47 Å². The van der Waals surface area contributed by atoms with E-state index in [0.717, 1.165) is 43.7 Å². The van der Waals surface area contributed by atoms with Gasteiger partial charge in [-0.15, -0.1) is 13.2 Å². The molecule has 2 fully saturated rings. The van der Waals surface area contributed by atoms with Crippen molar-refractivity contribution in [2.75, 3.05) is 6.61 Å². The van der Waals surface area contributed by atoms with Crippen LogP contribution in [-0.2, 0) is 4.74 Å². The summed E-state index contributed by atoms with van der Waals surface area (Å²) in [4.78, 5) is 0. The smallest absolute Gasteiger partial charge is 0.432 e. The molecule has 0 bridgehead atoms. The molecule has 1 aromatic rings. The molecule has 1 saturated carbocycles. The molecule has 8 heteroatoms. The average Bonchev–Trinajstić information content (AvgIpc) is 2.63. The van der Waals surface area contributed by atoms with E-state index >= 15 is 0 Å². The summed E-state index contributed by atoms with van der Waals surface area (Å²) in [5.41, 5.74) is 0. The molecule has 1 aliphatic heterocycles. The van der Waals surface area contributed by atoms with Crippen LogP contribution >= 0.6 is 0 Å². The van der Waals surface area contributed by atoms with Crippen molar-refractivity contribution in [1.29, 1.82) is 0 Å². The summed E-state index contributed by atoms with van der Waals surface area (Å²) < 4.78 is 79.9. The SMILES string of the molecule is CC1CCC(C2CCC(C(F)(F)Oc3ccc(OC(F)(F)F)cc3)CC2)OC1. The fourth-order valence-corrected chi connectivity index (χ4v) is 4.05. The normalized spacial score (nSPS) is 29.4. The lowest BCUT2D eigenvalue weighted by Gasteiger charge is -2.38. The molecule has 3 nitrogen and oxygen atoms in total. The molecule has 0 spiro atoms. The minimum atomic E-state index is -4.83. The van der Waals surface area contributed by atoms with E-state index in [1.165, 1.54) is 0 Å². The molecule has 3 rings (SSSR count). The average molecular weight is 408 g/mol. The van der Waals surface area contributed by atoms with Crippen molar-refractivity contribution in [3.05, 3.63) is 24.3 Å². The van der Waals surface area contributed by atoms with E-state index in [1.54, 1.807) is 0 Å². The van der Waals surface area contributed by atoms with Crippen LogP contribution in [0.2, 0.25) is 0 Å². The van der Waals surface area contributed by atoms with Gasteiger partial charge in [-0.05, 0) is 74.6 Å². The first-order valence-corrected chi connectivity index (χ1v) is 9.66. The maximum Gasteiger partial charge on any atom is 0.573 e. The topological polar surface area (TPSA) is 27.7 Å². The van der Waals surface area contributed by atoms with E-state index in [2.05, 4.69) is 11.7 Å². The van der Waals surface area contributed by atoms with Crippen molar-refractivity contribution in [1.82, 2.24) is 0 Å². The lowest BCUT2D eigenvalue weighted by Crippen LogP contribution is -2.40. The van der Waals surface area contributed by atoms with E-state index in [0.29, 0.717) is 37.5 Å². The van der Waals surface area contributed by atoms with Gasteiger partial charge in [-0.3, -0.25) is 0 Å². The monoisotopic (exact) mass is 408 g/mol. The van der Waals surface area contributed by atoms with Crippen LogP contribution < -0.4 is 9.47 Å². The number of hydrogen-bond donors (Lipinski definition) is 0. The summed E-state index contributed by atoms with van der Waals surface area (Å²) in [5.74, 6) is -0.731. The molecule has 1 saturated heterocycles. The van der Waals surface area contributed by atoms with Gasteiger partial charge in [-0.1, -0.05) is 6.92 Å². The van der Waals surface area contributed by atoms with Gasteiger partial charge in [-0.2, -0.15) is 8.78 Å². The Bertz CT molecular complexity index is 616. The number of rotatable bonds is 5. The molecule has 0 radical (unpaired) electrons. The molecule has 0 N–H and O–H groups in total. The Labute approximate surface area is 161 Å². The predicted octanol–water partition coefficient (Wildman–Crippen LogP) is 6.18. The third-order valence-electron chi connectivity index (χ3n) is 5.62. The van der Waals surface area contributed by atoms with Gasteiger partial charge in [0.05, 0.1) is 12.0 Å². The lowest BCUT2D eigenvalue weighted by molar-refractivity contribution is -0.274. The zero-order valence-corrected chi connectivity index (χ0v) is 15.7. The van der Waals surface area contributed by atoms with E-state index in [-0.39, 0.29) is 11.9 Å². The number of ether oxygens (including phenoxy) is 3. The predicted molar refractivity (Wildman–Crippen MR) is 92.3 cm³/mol. The highest BCUT2D eigenvalue weighted by molar-refractivity contribution is 5.31. The van der Waals surface area contributed by atoms with Crippen molar-refractivity contribution in [2.45, 2.75) is 64.0 Å². The van der Waals surface area contributed by atoms with Gasteiger partial charge in [0.1, 0.15) is 11.5 Å². The van der Waals surface area contributed by atoms with Crippen LogP contribution in [0.4, 0.5) is 22.0 Å². The van der Waals surface area contributed by atoms with Gasteiger partial charge >= 0.3 is 12.5 Å². The number of alkyl halides is 5. The molecular formula is C20H25F5O3. The van der Waals surface area contributed by atoms with Gasteiger partial charge in [-0.25, -0.2) is 0 Å². The lowest BCUT2D eigenvalue weighted by atomic mass is 9.77. The van der Waals surface area contributed by atoms with Crippen LogP contribution in [0, 0.1) is 17.8 Å². The quantitative estimate of drug-likeness (QED) is 0.545. The van der Waals surface area contributed by atoms with Crippen LogP contribution in [0.25, 0.3) is 0 Å². The minimum Gasteiger partial charge on any atom is -0.432 e. The molecule has 28 heavy (non-hydrogen) atoms. The maximum absolute atomic E-state index is 14.5. The summed E-state index contributed by atoms with van der Waals surface area (Å²) in [6, 6.07) is 4.02. The van der Waals surface area contributed by atoms with Crippen molar-refractivity contribution in [3.63, 3.8) is 0 Å². The van der Waals surface area contributed by atoms with Crippen LogP contribution in [0.5, 0.6) is 11.5 Å². The molecular weight excluding hydrogens is 383 g/mol. The van der Waals surface area contributed by atoms with E-state index in [9.17, 15) is 22.0 Å². The summed E-state index contributed by atoms with van der Waals surface area (Å²) in [7, 11) is 0. The number of hydrogen-bond acceptors (Lipinski definition) is 3. The van der Waals surface area contributed by atoms with Crippen molar-refractivity contribution >= 4 is 0 Å². The van der Waals surface area contributed by atoms with Gasteiger partial charge in [0.2, 0.25) is 0 Å². The molecule has 1 heterocycles. The van der Waals surface area contributed by atoms with Crippen LogP contribution in [0.15, 0.2) is 24.3 Å². The van der Waals surface area contributed by atoms with Crippen molar-refractivity contribution in [3.8, 4) is 11.5 Å². The Balaban J connectivity index is 1.51. The molecule has 158 valence electrons. The Morgan fingerprint density at radius 2 is 1.39 bits per heavy atom. The number of halogens is 5. The Kier molecular flexibility index (Phi) is 6.37. The summed E-state index contributed by atoms with van der Waals surface area (Å²) in [5, 5.41) is 0. The third-order valence-corrected chi connectivity index (χ3v) is 5.62. The molecule has 2 atom stereocenters. The highest BCUT2D eigenvalue weighted by Gasteiger charge is 2.45. The fourth-order valence-electron chi connectivity index (χ4n) is 4.05. The second-order valence-electron chi connectivity index (χ2n) is 7.85. The first-order chi connectivity index (χ1) is 13.1. The Morgan fingerprint density at radius 3 is 1.89 bits per heavy atom. The molecule has 1 aromatic carbocycles. The second-order valence-corrected chi connectivity index (χ2v) is 7.85.